The number of allylic oxidation sites excluding steroid dienone is 2. The van der Waals surface area contributed by atoms with Gasteiger partial charge in [0.1, 0.15) is 4.21 Å². The van der Waals surface area contributed by atoms with Gasteiger partial charge in [-0.15, -0.1) is 16.2 Å². The highest BCUT2D eigenvalue weighted by Crippen LogP contribution is 2.35. The van der Waals surface area contributed by atoms with Crippen LogP contribution in [0.15, 0.2) is 44.6 Å². The summed E-state index contributed by atoms with van der Waals surface area (Å²) in [5.41, 5.74) is 1.46. The number of amides is 2. The van der Waals surface area contributed by atoms with Crippen LogP contribution in [-0.4, -0.2) is 56.3 Å². The molecule has 3 heterocycles. The highest BCUT2D eigenvalue weighted by atomic mass is 32.2. The second-order valence-corrected chi connectivity index (χ2v) is 9.02. The summed E-state index contributed by atoms with van der Waals surface area (Å²) in [4.78, 5) is 29.8. The van der Waals surface area contributed by atoms with Crippen LogP contribution in [0, 0.1) is 0 Å². The molecule has 1 aliphatic carbocycles. The molecule has 2 amide bonds. The zero-order valence-corrected chi connectivity index (χ0v) is 15.5. The summed E-state index contributed by atoms with van der Waals surface area (Å²) in [6.45, 7) is 3.14. The highest BCUT2D eigenvalue weighted by Gasteiger charge is 2.44. The Labute approximate surface area is 155 Å². The van der Waals surface area contributed by atoms with E-state index < -0.39 is 21.8 Å². The first-order valence-electron chi connectivity index (χ1n) is 8.33. The van der Waals surface area contributed by atoms with Gasteiger partial charge in [0.15, 0.2) is 0 Å². The number of nitrogens with one attached hydrogen (secondary N) is 2. The van der Waals surface area contributed by atoms with E-state index in [4.69, 9.17) is 0 Å². The van der Waals surface area contributed by atoms with Gasteiger partial charge in [-0.05, 0) is 24.3 Å². The molecule has 0 spiro atoms. The van der Waals surface area contributed by atoms with Crippen molar-refractivity contribution in [2.24, 2.45) is 0 Å². The molecule has 10 heteroatoms. The number of hydrogen-bond acceptors (Lipinski definition) is 7. The van der Waals surface area contributed by atoms with Crippen molar-refractivity contribution in [1.82, 2.24) is 20.1 Å². The van der Waals surface area contributed by atoms with Crippen molar-refractivity contribution in [3.05, 3.63) is 40.4 Å². The van der Waals surface area contributed by atoms with Crippen molar-refractivity contribution >= 4 is 33.2 Å². The maximum absolute atomic E-state index is 12.9. The summed E-state index contributed by atoms with van der Waals surface area (Å²) >= 11 is 1.02. The lowest BCUT2D eigenvalue weighted by Crippen LogP contribution is -2.46. The Kier molecular flexibility index (Phi) is 4.43. The zero-order chi connectivity index (χ0) is 18.3. The summed E-state index contributed by atoms with van der Waals surface area (Å²) in [6.07, 6.45) is 3.05. The molecule has 1 aromatic heterocycles. The first-order valence-corrected chi connectivity index (χ1v) is 10.7. The van der Waals surface area contributed by atoms with Gasteiger partial charge in [0.05, 0.1) is 11.1 Å². The second kappa shape index (κ2) is 6.62. The Hall–Kier alpha value is -2.01. The lowest BCUT2D eigenvalue weighted by Gasteiger charge is -2.33. The van der Waals surface area contributed by atoms with Crippen LogP contribution in [0.5, 0.6) is 0 Å². The quantitative estimate of drug-likeness (QED) is 0.708. The first-order chi connectivity index (χ1) is 12.5. The monoisotopic (exact) mass is 394 g/mol. The van der Waals surface area contributed by atoms with Crippen LogP contribution in [0.4, 0.5) is 0 Å². The van der Waals surface area contributed by atoms with Crippen LogP contribution in [0.1, 0.15) is 12.8 Å². The fourth-order valence-corrected chi connectivity index (χ4v) is 5.40. The van der Waals surface area contributed by atoms with E-state index in [-0.39, 0.29) is 4.21 Å². The van der Waals surface area contributed by atoms with Gasteiger partial charge >= 0.3 is 0 Å². The smallest absolute Gasteiger partial charge is 0.278 e. The second-order valence-electron chi connectivity index (χ2n) is 6.19. The molecule has 1 aromatic rings. The molecule has 4 rings (SSSR count). The third-order valence-electron chi connectivity index (χ3n) is 4.61. The summed E-state index contributed by atoms with van der Waals surface area (Å²) < 4.78 is 24.9. The normalized spacial score (nSPS) is 21.3. The Bertz CT molecular complexity index is 912. The van der Waals surface area contributed by atoms with Crippen molar-refractivity contribution < 1.29 is 18.0 Å². The fourth-order valence-electron chi connectivity index (χ4n) is 3.41. The standard InChI is InChI=1S/C16H18N4O4S2/c21-15-11-3-1-4-12(19-8-6-17-7-9-19)14(11)16(22)20(15)18-26(23,24)13-5-2-10-25-13/h2-3,5,10,17-18H,1,4,6-9H2. The molecule has 2 aliphatic heterocycles. The van der Waals surface area contributed by atoms with Gasteiger partial charge in [-0.25, -0.2) is 8.42 Å². The molecular weight excluding hydrogens is 376 g/mol. The Balaban J connectivity index is 1.67. The maximum atomic E-state index is 12.9. The van der Waals surface area contributed by atoms with Gasteiger partial charge in [-0.3, -0.25) is 9.59 Å². The lowest BCUT2D eigenvalue weighted by molar-refractivity contribution is -0.138. The number of carbonyl (C=O) groups excluding carboxylic acids is 2. The molecule has 0 radical (unpaired) electrons. The molecule has 0 aromatic carbocycles. The van der Waals surface area contributed by atoms with Gasteiger partial charge in [0.25, 0.3) is 21.8 Å². The van der Waals surface area contributed by atoms with Gasteiger partial charge < -0.3 is 10.2 Å². The summed E-state index contributed by atoms with van der Waals surface area (Å²) in [5, 5.41) is 5.51. The molecule has 8 nitrogen and oxygen atoms in total. The number of fused-ring (bicyclic) bond motifs is 1. The maximum Gasteiger partial charge on any atom is 0.278 e. The predicted octanol–water partition coefficient (Wildman–Crippen LogP) is 0.190. The number of thiophene rings is 1. The van der Waals surface area contributed by atoms with Crippen LogP contribution >= 0.6 is 11.3 Å². The molecule has 26 heavy (non-hydrogen) atoms. The van der Waals surface area contributed by atoms with E-state index in [1.165, 1.54) is 6.07 Å². The van der Waals surface area contributed by atoms with Crippen LogP contribution in [-0.2, 0) is 19.6 Å². The Morgan fingerprint density at radius 1 is 1.15 bits per heavy atom. The SMILES string of the molecule is O=C1C2=CCCC(N3CCNCC3)=C2C(=O)N1NS(=O)(=O)c1cccs1. The van der Waals surface area contributed by atoms with Crippen molar-refractivity contribution in [3.63, 3.8) is 0 Å². The van der Waals surface area contributed by atoms with E-state index in [2.05, 4.69) is 15.0 Å². The molecule has 3 aliphatic rings. The van der Waals surface area contributed by atoms with Crippen molar-refractivity contribution in [2.45, 2.75) is 17.1 Å². The molecule has 0 bridgehead atoms. The molecule has 0 saturated carbocycles. The van der Waals surface area contributed by atoms with Crippen molar-refractivity contribution in [2.75, 3.05) is 26.2 Å². The summed E-state index contributed by atoms with van der Waals surface area (Å²) in [5.74, 6) is -1.22. The number of carbonyl (C=O) groups is 2. The van der Waals surface area contributed by atoms with Crippen molar-refractivity contribution in [1.29, 1.82) is 0 Å². The number of nitrogens with zero attached hydrogens (tertiary/aromatic N) is 2. The highest BCUT2D eigenvalue weighted by molar-refractivity contribution is 7.91. The predicted molar refractivity (Wildman–Crippen MR) is 95.3 cm³/mol. The Morgan fingerprint density at radius 3 is 2.62 bits per heavy atom. The summed E-state index contributed by atoms with van der Waals surface area (Å²) in [6, 6.07) is 3.02. The van der Waals surface area contributed by atoms with E-state index in [9.17, 15) is 18.0 Å². The number of rotatable bonds is 4. The van der Waals surface area contributed by atoms with Gasteiger partial charge in [-0.1, -0.05) is 12.1 Å². The molecule has 0 unspecified atom stereocenters. The van der Waals surface area contributed by atoms with Crippen LogP contribution < -0.4 is 10.1 Å². The number of hydrogen-bond donors (Lipinski definition) is 2. The number of sulfonamides is 1. The summed E-state index contributed by atoms with van der Waals surface area (Å²) in [7, 11) is -3.97. The number of imide groups is 1. The van der Waals surface area contributed by atoms with E-state index in [1.54, 1.807) is 17.5 Å². The van der Waals surface area contributed by atoms with Gasteiger partial charge in [0, 0.05) is 31.9 Å². The van der Waals surface area contributed by atoms with Crippen LogP contribution in [0.2, 0.25) is 0 Å². The molecule has 2 fully saturated rings. The van der Waals surface area contributed by atoms with E-state index in [1.807, 2.05) is 0 Å². The lowest BCUT2D eigenvalue weighted by atomic mass is 9.95. The first kappa shape index (κ1) is 17.4. The van der Waals surface area contributed by atoms with Crippen LogP contribution in [0.25, 0.3) is 0 Å². The molecule has 2 saturated heterocycles. The van der Waals surface area contributed by atoms with Crippen molar-refractivity contribution in [3.8, 4) is 0 Å². The number of hydrazine groups is 1. The van der Waals surface area contributed by atoms with Crippen LogP contribution in [0.3, 0.4) is 0 Å². The minimum absolute atomic E-state index is 0.0539. The van der Waals surface area contributed by atoms with E-state index in [0.717, 1.165) is 43.2 Å². The topological polar surface area (TPSA) is 98.8 Å². The minimum atomic E-state index is -3.97. The molecule has 2 N–H and O–H groups in total. The molecular formula is C16H18N4O4S2. The third kappa shape index (κ3) is 2.88. The average Bonchev–Trinajstić information content (AvgIpc) is 3.27. The fraction of sp³-hybridized carbons (Fsp3) is 0.375. The third-order valence-corrected chi connectivity index (χ3v) is 7.31. The number of piperazine rings is 1. The molecule has 0 atom stereocenters. The van der Waals surface area contributed by atoms with Gasteiger partial charge in [-0.2, -0.15) is 5.01 Å². The zero-order valence-electron chi connectivity index (χ0n) is 13.9. The largest absolute Gasteiger partial charge is 0.372 e. The van der Waals surface area contributed by atoms with E-state index in [0.29, 0.717) is 29.0 Å². The minimum Gasteiger partial charge on any atom is -0.372 e. The van der Waals surface area contributed by atoms with Gasteiger partial charge in [0.2, 0.25) is 0 Å². The van der Waals surface area contributed by atoms with E-state index >= 15 is 0 Å². The average molecular weight is 394 g/mol. The Morgan fingerprint density at radius 2 is 1.92 bits per heavy atom. The molecule has 138 valence electrons.